The van der Waals surface area contributed by atoms with Crippen molar-refractivity contribution in [1.82, 2.24) is 4.90 Å². The van der Waals surface area contributed by atoms with Crippen LogP contribution in [0.2, 0.25) is 0 Å². The van der Waals surface area contributed by atoms with Gasteiger partial charge in [-0.15, -0.1) is 0 Å². The van der Waals surface area contributed by atoms with Crippen molar-refractivity contribution in [3.05, 3.63) is 30.3 Å². The van der Waals surface area contributed by atoms with E-state index in [1.807, 2.05) is 37.3 Å². The number of hydrogen-bond acceptors (Lipinski definition) is 3. The molecule has 0 saturated carbocycles. The number of nitrogens with zero attached hydrogens (tertiary/aromatic N) is 2. The van der Waals surface area contributed by atoms with Crippen molar-refractivity contribution in [1.29, 1.82) is 0 Å². The van der Waals surface area contributed by atoms with Gasteiger partial charge < -0.3 is 15.4 Å². The zero-order chi connectivity index (χ0) is 13.7. The van der Waals surface area contributed by atoms with E-state index < -0.39 is 0 Å². The summed E-state index contributed by atoms with van der Waals surface area (Å²) in [4.78, 5) is 13.9. The molecule has 2 N–H and O–H groups in total. The molecule has 0 bridgehead atoms. The van der Waals surface area contributed by atoms with Crippen LogP contribution in [0.1, 0.15) is 19.8 Å². The second-order valence-corrected chi connectivity index (χ2v) is 4.69. The van der Waals surface area contributed by atoms with E-state index in [-0.39, 0.29) is 11.9 Å². The maximum absolute atomic E-state index is 12.1. The van der Waals surface area contributed by atoms with Crippen LogP contribution in [-0.2, 0) is 0 Å². The summed E-state index contributed by atoms with van der Waals surface area (Å²) in [7, 11) is 0. The van der Waals surface area contributed by atoms with E-state index in [9.17, 15) is 4.79 Å². The lowest BCUT2D eigenvalue weighted by Gasteiger charge is -2.32. The number of nitrogens with one attached hydrogen (secondary N) is 1. The van der Waals surface area contributed by atoms with Gasteiger partial charge in [0.25, 0.3) is 0 Å². The summed E-state index contributed by atoms with van der Waals surface area (Å²) in [5, 5.41) is 15.1. The van der Waals surface area contributed by atoms with E-state index in [1.54, 1.807) is 4.90 Å². The van der Waals surface area contributed by atoms with Crippen molar-refractivity contribution < 1.29 is 10.0 Å². The maximum Gasteiger partial charge on any atom is 0.321 e. The highest BCUT2D eigenvalue weighted by molar-refractivity contribution is 5.93. The van der Waals surface area contributed by atoms with Crippen molar-refractivity contribution in [2.24, 2.45) is 11.1 Å². The molecule has 1 fully saturated rings. The van der Waals surface area contributed by atoms with Crippen molar-refractivity contribution in [3.8, 4) is 0 Å². The Morgan fingerprint density at radius 1 is 1.47 bits per heavy atom. The van der Waals surface area contributed by atoms with Crippen LogP contribution in [0.25, 0.3) is 0 Å². The smallest absolute Gasteiger partial charge is 0.321 e. The van der Waals surface area contributed by atoms with E-state index in [0.29, 0.717) is 19.5 Å². The highest BCUT2D eigenvalue weighted by atomic mass is 16.4. The van der Waals surface area contributed by atoms with Gasteiger partial charge in [-0.05, 0) is 18.6 Å². The molecule has 1 unspecified atom stereocenters. The highest BCUT2D eigenvalue weighted by Crippen LogP contribution is 2.18. The molecule has 1 aliphatic rings. The molecule has 2 amide bonds. The zero-order valence-electron chi connectivity index (χ0n) is 11.0. The maximum atomic E-state index is 12.1. The number of carbonyl (C=O) groups excluding carboxylic acids is 1. The van der Waals surface area contributed by atoms with Gasteiger partial charge in [0, 0.05) is 31.1 Å². The molecule has 19 heavy (non-hydrogen) atoms. The summed E-state index contributed by atoms with van der Waals surface area (Å²) >= 11 is 0. The number of carbonyl (C=O) groups is 1. The molecular formula is C14H19N3O2. The van der Waals surface area contributed by atoms with Crippen LogP contribution in [0.3, 0.4) is 0 Å². The van der Waals surface area contributed by atoms with Gasteiger partial charge in [0.2, 0.25) is 0 Å². The minimum Gasteiger partial charge on any atom is -0.411 e. The molecular weight excluding hydrogens is 242 g/mol. The molecule has 0 aromatic heterocycles. The van der Waals surface area contributed by atoms with Gasteiger partial charge in [0.05, 0.1) is 5.71 Å². The fourth-order valence-corrected chi connectivity index (χ4v) is 2.32. The lowest BCUT2D eigenvalue weighted by atomic mass is 9.93. The van der Waals surface area contributed by atoms with Gasteiger partial charge in [0.1, 0.15) is 0 Å². The van der Waals surface area contributed by atoms with Gasteiger partial charge in [-0.25, -0.2) is 4.79 Å². The number of benzene rings is 1. The first-order valence-corrected chi connectivity index (χ1v) is 6.56. The first-order valence-electron chi connectivity index (χ1n) is 6.56. The van der Waals surface area contributed by atoms with Crippen LogP contribution in [0.15, 0.2) is 35.5 Å². The number of hydrogen-bond donors (Lipinski definition) is 2. The van der Waals surface area contributed by atoms with Gasteiger partial charge in [-0.2, -0.15) is 0 Å². The van der Waals surface area contributed by atoms with Crippen LogP contribution in [0.4, 0.5) is 10.5 Å². The Kier molecular flexibility index (Phi) is 4.39. The fourth-order valence-electron chi connectivity index (χ4n) is 2.32. The fraction of sp³-hybridized carbons (Fsp3) is 0.429. The quantitative estimate of drug-likeness (QED) is 0.635. The van der Waals surface area contributed by atoms with Crippen LogP contribution >= 0.6 is 0 Å². The summed E-state index contributed by atoms with van der Waals surface area (Å²) < 4.78 is 0. The second kappa shape index (κ2) is 6.22. The van der Waals surface area contributed by atoms with E-state index in [2.05, 4.69) is 10.5 Å². The molecule has 2 rings (SSSR count). The summed E-state index contributed by atoms with van der Waals surface area (Å²) in [6.45, 7) is 3.23. The Hall–Kier alpha value is -2.04. The highest BCUT2D eigenvalue weighted by Gasteiger charge is 2.27. The number of piperidine rings is 1. The van der Waals surface area contributed by atoms with Gasteiger partial charge in [0.15, 0.2) is 0 Å². The Bertz CT molecular complexity index is 459. The molecule has 0 spiro atoms. The Balaban J connectivity index is 1.97. The van der Waals surface area contributed by atoms with Crippen LogP contribution in [-0.4, -0.2) is 34.9 Å². The Labute approximate surface area is 112 Å². The third kappa shape index (κ3) is 3.24. The normalized spacial score (nSPS) is 21.4. The molecule has 0 radical (unpaired) electrons. The van der Waals surface area contributed by atoms with Gasteiger partial charge >= 0.3 is 6.03 Å². The lowest BCUT2D eigenvalue weighted by molar-refractivity contribution is 0.200. The minimum atomic E-state index is -0.0957. The molecule has 5 nitrogen and oxygen atoms in total. The molecule has 1 aliphatic heterocycles. The van der Waals surface area contributed by atoms with Crippen LogP contribution in [0, 0.1) is 5.92 Å². The average Bonchev–Trinajstić information content (AvgIpc) is 2.47. The second-order valence-electron chi connectivity index (χ2n) is 4.69. The summed E-state index contributed by atoms with van der Waals surface area (Å²) in [5.74, 6) is 0.153. The van der Waals surface area contributed by atoms with Gasteiger partial charge in [-0.3, -0.25) is 0 Å². The largest absolute Gasteiger partial charge is 0.411 e. The Morgan fingerprint density at radius 3 is 2.84 bits per heavy atom. The summed E-state index contributed by atoms with van der Waals surface area (Å²) in [6, 6.07) is 9.31. The van der Waals surface area contributed by atoms with Crippen LogP contribution < -0.4 is 5.32 Å². The monoisotopic (exact) mass is 261 g/mol. The summed E-state index contributed by atoms with van der Waals surface area (Å²) in [5.41, 5.74) is 1.59. The van der Waals surface area contributed by atoms with Crippen molar-refractivity contribution in [2.45, 2.75) is 19.8 Å². The number of likely N-dealkylation sites (tertiary alicyclic amines) is 1. The van der Waals surface area contributed by atoms with Crippen molar-refractivity contribution in [3.63, 3.8) is 0 Å². The first kappa shape index (κ1) is 13.4. The van der Waals surface area contributed by atoms with E-state index in [4.69, 9.17) is 5.21 Å². The number of para-hydroxylation sites is 1. The molecule has 102 valence electrons. The molecule has 1 aromatic rings. The molecule has 1 heterocycles. The number of rotatable bonds is 2. The predicted octanol–water partition coefficient (Wildman–Crippen LogP) is 2.78. The average molecular weight is 261 g/mol. The molecule has 1 atom stereocenters. The SMILES string of the molecule is CCC1CN(C(=O)Nc2ccccc2)CC/C1=N\O. The topological polar surface area (TPSA) is 64.9 Å². The third-order valence-corrected chi connectivity index (χ3v) is 3.48. The predicted molar refractivity (Wildman–Crippen MR) is 74.7 cm³/mol. The van der Waals surface area contributed by atoms with E-state index in [0.717, 1.165) is 17.8 Å². The Morgan fingerprint density at radius 2 is 2.21 bits per heavy atom. The first-order chi connectivity index (χ1) is 9.24. The number of anilines is 1. The van der Waals surface area contributed by atoms with Gasteiger partial charge in [-0.1, -0.05) is 30.3 Å². The third-order valence-electron chi connectivity index (χ3n) is 3.48. The van der Waals surface area contributed by atoms with Crippen molar-refractivity contribution >= 4 is 17.4 Å². The molecule has 0 aliphatic carbocycles. The minimum absolute atomic E-state index is 0.0957. The lowest BCUT2D eigenvalue weighted by Crippen LogP contribution is -2.45. The van der Waals surface area contributed by atoms with Crippen LogP contribution in [0.5, 0.6) is 0 Å². The van der Waals surface area contributed by atoms with Crippen molar-refractivity contribution in [2.75, 3.05) is 18.4 Å². The summed E-state index contributed by atoms with van der Waals surface area (Å²) in [6.07, 6.45) is 1.51. The van der Waals surface area contributed by atoms with E-state index in [1.165, 1.54) is 0 Å². The zero-order valence-corrected chi connectivity index (χ0v) is 11.0. The van der Waals surface area contributed by atoms with E-state index >= 15 is 0 Å². The number of oxime groups is 1. The molecule has 5 heteroatoms. The molecule has 1 saturated heterocycles. The number of urea groups is 1. The molecule has 1 aromatic carbocycles. The number of amides is 2. The standard InChI is InChI=1S/C14H19N3O2/c1-2-11-10-17(9-8-13(11)16-19)14(18)15-12-6-4-3-5-7-12/h3-7,11,19H,2,8-10H2,1H3,(H,15,18)/b16-13+.